The Hall–Kier alpha value is -1.88. The molecule has 5 nitrogen and oxygen atoms in total. The molecule has 2 aliphatic heterocycles. The number of ether oxygens (including phenoxy) is 1. The lowest BCUT2D eigenvalue weighted by Crippen LogP contribution is -2.46. The van der Waals surface area contributed by atoms with Crippen LogP contribution in [0.15, 0.2) is 30.3 Å². The first-order valence-electron chi connectivity index (χ1n) is 9.27. The van der Waals surface area contributed by atoms with Crippen LogP contribution in [0.3, 0.4) is 0 Å². The number of hydrogen-bond donors (Lipinski definition) is 0. The van der Waals surface area contributed by atoms with E-state index in [9.17, 15) is 9.59 Å². The minimum absolute atomic E-state index is 0.0522. The third kappa shape index (κ3) is 3.71. The summed E-state index contributed by atoms with van der Waals surface area (Å²) in [4.78, 5) is 29.0. The summed E-state index contributed by atoms with van der Waals surface area (Å²) in [5, 5.41) is 0. The molecule has 0 saturated carbocycles. The highest BCUT2D eigenvalue weighted by Crippen LogP contribution is 2.32. The topological polar surface area (TPSA) is 49.9 Å². The second kappa shape index (κ2) is 7.56. The van der Waals surface area contributed by atoms with Crippen LogP contribution in [-0.2, 0) is 16.1 Å². The maximum Gasteiger partial charge on any atom is 0.416 e. The first kappa shape index (κ1) is 17.9. The number of likely N-dealkylation sites (tertiary alicyclic amines) is 1. The zero-order chi connectivity index (χ0) is 18.0. The summed E-state index contributed by atoms with van der Waals surface area (Å²) >= 11 is 0. The lowest BCUT2D eigenvalue weighted by Gasteiger charge is -2.27. The first-order valence-corrected chi connectivity index (χ1v) is 9.27. The van der Waals surface area contributed by atoms with Gasteiger partial charge in [0.15, 0.2) is 0 Å². The van der Waals surface area contributed by atoms with Gasteiger partial charge in [0, 0.05) is 19.6 Å². The van der Waals surface area contributed by atoms with Crippen molar-refractivity contribution < 1.29 is 14.3 Å². The molecule has 0 N–H and O–H groups in total. The Labute approximate surface area is 149 Å². The third-order valence-electron chi connectivity index (χ3n) is 5.52. The SMILES string of the molecule is CC[C@H]1CN(Cc2ccccc2)C[C@@H]1C(=O)N1C(=O)OCC1C(C)C. The van der Waals surface area contributed by atoms with Crippen molar-refractivity contribution in [3.63, 3.8) is 0 Å². The highest BCUT2D eigenvalue weighted by molar-refractivity contribution is 5.95. The molecule has 1 aromatic rings. The molecule has 136 valence electrons. The van der Waals surface area contributed by atoms with E-state index < -0.39 is 6.09 Å². The molecule has 0 bridgehead atoms. The molecule has 2 fully saturated rings. The molecule has 3 rings (SSSR count). The second-order valence-electron chi connectivity index (χ2n) is 7.55. The number of imide groups is 1. The van der Waals surface area contributed by atoms with Crippen molar-refractivity contribution in [1.29, 1.82) is 0 Å². The van der Waals surface area contributed by atoms with Crippen LogP contribution in [0.25, 0.3) is 0 Å². The standard InChI is InChI=1S/C20H28N2O3/c1-4-16-11-21(10-15-8-6-5-7-9-15)12-17(16)19(23)22-18(14(2)3)13-25-20(22)24/h5-9,14,16-18H,4,10-13H2,1-3H3/t16-,17-,18?/m0/s1. The molecule has 2 heterocycles. The zero-order valence-electron chi connectivity index (χ0n) is 15.4. The molecule has 0 spiro atoms. The van der Waals surface area contributed by atoms with E-state index in [-0.39, 0.29) is 29.7 Å². The Kier molecular flexibility index (Phi) is 5.42. The summed E-state index contributed by atoms with van der Waals surface area (Å²) in [6.45, 7) is 8.96. The van der Waals surface area contributed by atoms with Gasteiger partial charge in [-0.15, -0.1) is 0 Å². The van der Waals surface area contributed by atoms with E-state index in [1.54, 1.807) is 0 Å². The summed E-state index contributed by atoms with van der Waals surface area (Å²) in [6.07, 6.45) is 0.469. The predicted molar refractivity (Wildman–Crippen MR) is 95.8 cm³/mol. The molecule has 2 aliphatic rings. The van der Waals surface area contributed by atoms with Gasteiger partial charge in [-0.25, -0.2) is 9.69 Å². The predicted octanol–water partition coefficient (Wildman–Crippen LogP) is 3.15. The largest absolute Gasteiger partial charge is 0.447 e. The number of carbonyl (C=O) groups is 2. The fraction of sp³-hybridized carbons (Fsp3) is 0.600. The van der Waals surface area contributed by atoms with Gasteiger partial charge in [-0.05, 0) is 17.4 Å². The number of carbonyl (C=O) groups excluding carboxylic acids is 2. The number of rotatable bonds is 5. The number of cyclic esters (lactones) is 1. The molecule has 1 unspecified atom stereocenters. The summed E-state index contributed by atoms with van der Waals surface area (Å²) in [5.74, 6) is 0.318. The van der Waals surface area contributed by atoms with Gasteiger partial charge >= 0.3 is 6.09 Å². The van der Waals surface area contributed by atoms with Crippen LogP contribution in [0.5, 0.6) is 0 Å². The van der Waals surface area contributed by atoms with Crippen LogP contribution in [0.1, 0.15) is 32.8 Å². The van der Waals surface area contributed by atoms with Gasteiger partial charge < -0.3 is 4.74 Å². The Bertz CT molecular complexity index is 617. The smallest absolute Gasteiger partial charge is 0.416 e. The molecule has 3 atom stereocenters. The minimum Gasteiger partial charge on any atom is -0.447 e. The van der Waals surface area contributed by atoms with E-state index >= 15 is 0 Å². The average Bonchev–Trinajstić information content (AvgIpc) is 3.18. The minimum atomic E-state index is -0.472. The average molecular weight is 344 g/mol. The lowest BCUT2D eigenvalue weighted by molar-refractivity contribution is -0.134. The molecule has 25 heavy (non-hydrogen) atoms. The molecule has 0 aliphatic carbocycles. The van der Waals surface area contributed by atoms with Crippen LogP contribution < -0.4 is 0 Å². The Morgan fingerprint density at radius 1 is 1.24 bits per heavy atom. The van der Waals surface area contributed by atoms with Crippen molar-refractivity contribution in [1.82, 2.24) is 9.80 Å². The van der Waals surface area contributed by atoms with Crippen molar-refractivity contribution in [2.24, 2.45) is 17.8 Å². The van der Waals surface area contributed by atoms with E-state index in [0.29, 0.717) is 13.2 Å². The third-order valence-corrected chi connectivity index (χ3v) is 5.52. The van der Waals surface area contributed by atoms with Crippen LogP contribution in [0.4, 0.5) is 4.79 Å². The van der Waals surface area contributed by atoms with Crippen molar-refractivity contribution in [2.45, 2.75) is 39.8 Å². The molecule has 5 heteroatoms. The fourth-order valence-corrected chi connectivity index (χ4v) is 3.98. The fourth-order valence-electron chi connectivity index (χ4n) is 3.98. The van der Waals surface area contributed by atoms with Gasteiger partial charge in [0.1, 0.15) is 6.61 Å². The molecule has 0 radical (unpaired) electrons. The van der Waals surface area contributed by atoms with Gasteiger partial charge in [-0.3, -0.25) is 9.69 Å². The molecule has 0 aromatic heterocycles. The number of benzene rings is 1. The van der Waals surface area contributed by atoms with Crippen LogP contribution in [0.2, 0.25) is 0 Å². The quantitative estimate of drug-likeness (QED) is 0.823. The van der Waals surface area contributed by atoms with Crippen molar-refractivity contribution >= 4 is 12.0 Å². The first-order chi connectivity index (χ1) is 12.0. The van der Waals surface area contributed by atoms with Gasteiger partial charge in [-0.2, -0.15) is 0 Å². The summed E-state index contributed by atoms with van der Waals surface area (Å²) in [5.41, 5.74) is 1.26. The molecule has 2 saturated heterocycles. The summed E-state index contributed by atoms with van der Waals surface area (Å²) in [6, 6.07) is 10.2. The van der Waals surface area contributed by atoms with Crippen LogP contribution in [-0.4, -0.2) is 47.5 Å². The van der Waals surface area contributed by atoms with Crippen LogP contribution >= 0.6 is 0 Å². The van der Waals surface area contributed by atoms with Gasteiger partial charge in [0.25, 0.3) is 0 Å². The highest BCUT2D eigenvalue weighted by Gasteiger charge is 2.46. The highest BCUT2D eigenvalue weighted by atomic mass is 16.6. The van der Waals surface area contributed by atoms with Crippen LogP contribution in [0, 0.1) is 17.8 Å². The maximum atomic E-state index is 13.1. The van der Waals surface area contributed by atoms with E-state index in [1.807, 2.05) is 32.0 Å². The molecule has 1 aromatic carbocycles. The maximum absolute atomic E-state index is 13.1. The second-order valence-corrected chi connectivity index (χ2v) is 7.55. The summed E-state index contributed by atoms with van der Waals surface area (Å²) in [7, 11) is 0. The number of amides is 2. The van der Waals surface area contributed by atoms with E-state index in [0.717, 1.165) is 19.5 Å². The number of nitrogens with zero attached hydrogens (tertiary/aromatic N) is 2. The Morgan fingerprint density at radius 3 is 2.60 bits per heavy atom. The van der Waals surface area contributed by atoms with Crippen molar-refractivity contribution in [3.8, 4) is 0 Å². The van der Waals surface area contributed by atoms with E-state index in [2.05, 4.69) is 24.0 Å². The Balaban J connectivity index is 1.72. The zero-order valence-corrected chi connectivity index (χ0v) is 15.4. The Morgan fingerprint density at radius 2 is 1.96 bits per heavy atom. The van der Waals surface area contributed by atoms with E-state index in [4.69, 9.17) is 4.74 Å². The summed E-state index contributed by atoms with van der Waals surface area (Å²) < 4.78 is 5.16. The molecule has 2 amide bonds. The van der Waals surface area contributed by atoms with Gasteiger partial charge in [-0.1, -0.05) is 57.5 Å². The lowest BCUT2D eigenvalue weighted by atomic mass is 9.91. The molecular formula is C20H28N2O3. The van der Waals surface area contributed by atoms with Crippen molar-refractivity contribution in [2.75, 3.05) is 19.7 Å². The van der Waals surface area contributed by atoms with Gasteiger partial charge in [0.05, 0.1) is 12.0 Å². The molecular weight excluding hydrogens is 316 g/mol. The van der Waals surface area contributed by atoms with E-state index in [1.165, 1.54) is 10.5 Å². The number of hydrogen-bond acceptors (Lipinski definition) is 4. The normalized spacial score (nSPS) is 27.1. The monoisotopic (exact) mass is 344 g/mol. The van der Waals surface area contributed by atoms with Gasteiger partial charge in [0.2, 0.25) is 5.91 Å². The van der Waals surface area contributed by atoms with Crippen molar-refractivity contribution in [3.05, 3.63) is 35.9 Å².